The molecular formula is C23H24Cl2FN5O3S2. The zero-order chi connectivity index (χ0) is 26.2. The van der Waals surface area contributed by atoms with Gasteiger partial charge in [-0.2, -0.15) is 0 Å². The molecule has 4 rings (SSSR count). The first-order chi connectivity index (χ1) is 17.2. The van der Waals surface area contributed by atoms with Crippen molar-refractivity contribution in [3.63, 3.8) is 0 Å². The molecule has 1 aromatic heterocycles. The predicted molar refractivity (Wildman–Crippen MR) is 144 cm³/mol. The summed E-state index contributed by atoms with van der Waals surface area (Å²) in [5.74, 6) is -0.642. The highest BCUT2D eigenvalue weighted by molar-refractivity contribution is 7.95. The summed E-state index contributed by atoms with van der Waals surface area (Å²) >= 11 is 14.5. The van der Waals surface area contributed by atoms with Crippen LogP contribution in [0, 0.1) is 5.82 Å². The fourth-order valence-corrected chi connectivity index (χ4v) is 5.40. The summed E-state index contributed by atoms with van der Waals surface area (Å²) in [6.07, 6.45) is 2.97. The van der Waals surface area contributed by atoms with Gasteiger partial charge >= 0.3 is 0 Å². The van der Waals surface area contributed by atoms with Crippen molar-refractivity contribution in [3.8, 4) is 16.3 Å². The molecule has 2 atom stereocenters. The van der Waals surface area contributed by atoms with E-state index in [0.717, 1.165) is 28.3 Å². The molecule has 2 aromatic carbocycles. The van der Waals surface area contributed by atoms with E-state index in [9.17, 15) is 19.1 Å². The zero-order valence-electron chi connectivity index (χ0n) is 19.3. The molecule has 1 aliphatic heterocycles. The number of phenols is 1. The first kappa shape index (κ1) is 28.3. The lowest BCUT2D eigenvalue weighted by Crippen LogP contribution is -2.49. The normalized spacial score (nSPS) is 17.7. The Hall–Kier alpha value is -2.25. The van der Waals surface area contributed by atoms with Crippen molar-refractivity contribution in [2.75, 3.05) is 19.4 Å². The van der Waals surface area contributed by atoms with Crippen LogP contribution >= 0.6 is 46.7 Å². The van der Waals surface area contributed by atoms with E-state index < -0.39 is 11.9 Å². The van der Waals surface area contributed by atoms with Gasteiger partial charge in [0, 0.05) is 41.0 Å². The molecule has 0 saturated carbocycles. The molecule has 0 radical (unpaired) electrons. The molecule has 13 heteroatoms. The van der Waals surface area contributed by atoms with Gasteiger partial charge in [0.2, 0.25) is 5.91 Å². The van der Waals surface area contributed by atoms with Crippen LogP contribution in [0.15, 0.2) is 42.6 Å². The number of phenolic OH excluding ortho intramolecular Hbond substituents is 1. The maximum Gasteiger partial charge on any atom is 0.242 e. The summed E-state index contributed by atoms with van der Waals surface area (Å²) in [5.41, 5.74) is 1.27. The average Bonchev–Trinajstić information content (AvgIpc) is 3.30. The second-order valence-electron chi connectivity index (χ2n) is 7.69. The van der Waals surface area contributed by atoms with Crippen molar-refractivity contribution in [3.05, 3.63) is 63.3 Å². The third-order valence-electron chi connectivity index (χ3n) is 5.01. The van der Waals surface area contributed by atoms with E-state index >= 15 is 0 Å². The lowest BCUT2D eigenvalue weighted by atomic mass is 10.1. The summed E-state index contributed by atoms with van der Waals surface area (Å²) in [5, 5.41) is 16.3. The molecule has 0 bridgehead atoms. The molecule has 36 heavy (non-hydrogen) atoms. The molecule has 4 N–H and O–H groups in total. The molecule has 1 amide bonds. The van der Waals surface area contributed by atoms with E-state index in [4.69, 9.17) is 23.2 Å². The summed E-state index contributed by atoms with van der Waals surface area (Å²) in [4.78, 5) is 28.4. The molecule has 0 spiro atoms. The molecule has 2 heterocycles. The first-order valence-corrected chi connectivity index (χ1v) is 13.0. The number of thiazole rings is 1. The van der Waals surface area contributed by atoms with Crippen molar-refractivity contribution in [2.45, 2.75) is 25.0 Å². The largest absolute Gasteiger partial charge is 0.508 e. The molecule has 192 valence electrons. The average molecular weight is 573 g/mol. The van der Waals surface area contributed by atoms with Crippen molar-refractivity contribution in [2.24, 2.45) is 0 Å². The monoisotopic (exact) mass is 571 g/mol. The van der Waals surface area contributed by atoms with Crippen LogP contribution in [0.1, 0.15) is 11.3 Å². The van der Waals surface area contributed by atoms with Crippen LogP contribution in [0.5, 0.6) is 5.75 Å². The quantitative estimate of drug-likeness (QED) is 0.248. The number of anilines is 1. The van der Waals surface area contributed by atoms with E-state index in [0.29, 0.717) is 17.1 Å². The predicted octanol–water partition coefficient (Wildman–Crippen LogP) is 4.73. The zero-order valence-corrected chi connectivity index (χ0v) is 22.4. The summed E-state index contributed by atoms with van der Waals surface area (Å²) in [6.45, 7) is 0.799. The molecule has 3 aromatic rings. The van der Waals surface area contributed by atoms with E-state index in [2.05, 4.69) is 20.3 Å². The number of aromatic nitrogens is 1. The van der Waals surface area contributed by atoms with E-state index in [1.165, 1.54) is 36.4 Å². The fourth-order valence-electron chi connectivity index (χ4n) is 3.17. The molecular weight excluding hydrogens is 548 g/mol. The van der Waals surface area contributed by atoms with Crippen LogP contribution in [-0.2, 0) is 16.1 Å². The van der Waals surface area contributed by atoms with Crippen molar-refractivity contribution in [1.82, 2.24) is 19.3 Å². The summed E-state index contributed by atoms with van der Waals surface area (Å²) in [6, 6.07) is 8.05. The number of nitrogens with one attached hydrogen (secondary N) is 3. The van der Waals surface area contributed by atoms with Gasteiger partial charge in [-0.05, 0) is 56.9 Å². The number of hydrogen-bond donors (Lipinski definition) is 4. The highest BCUT2D eigenvalue weighted by atomic mass is 35.5. The van der Waals surface area contributed by atoms with Crippen LogP contribution in [0.3, 0.4) is 0 Å². The van der Waals surface area contributed by atoms with Crippen molar-refractivity contribution >= 4 is 64.6 Å². The number of carbonyl (C=O) groups is 2. The second-order valence-corrected chi connectivity index (χ2v) is 10.6. The number of hydrogen-bond acceptors (Lipinski definition) is 9. The van der Waals surface area contributed by atoms with Crippen LogP contribution in [0.25, 0.3) is 10.6 Å². The standard InChI is InChI=1S/C12H13ClFN3O2S.C11H11ClN2OS/c1-17-11(5-8(6-18)16-20-17)12(19)15-7-2-3-10(14)9(13)4-7;1-13-5-8-6-14-11(16-8)9-3-2-7(15)4-10(9)12/h2-4,6,8,11,16H,5H2,1H3,(H,15,19);2-4,6,13,15H,5H2,1H3. The number of carbonyl (C=O) groups excluding carboxylic acids is 2. The van der Waals surface area contributed by atoms with Gasteiger partial charge in [0.1, 0.15) is 28.9 Å². The minimum atomic E-state index is -0.541. The van der Waals surface area contributed by atoms with Gasteiger partial charge in [-0.25, -0.2) is 18.4 Å². The van der Waals surface area contributed by atoms with Crippen LogP contribution in [0.2, 0.25) is 10.0 Å². The summed E-state index contributed by atoms with van der Waals surface area (Å²) < 4.78 is 17.7. The van der Waals surface area contributed by atoms with Gasteiger partial charge < -0.3 is 20.5 Å². The minimum Gasteiger partial charge on any atom is -0.508 e. The topological polar surface area (TPSA) is 107 Å². The number of aromatic hydroxyl groups is 1. The SMILES string of the molecule is CN1SNC(C=O)CC1C(=O)Nc1ccc(F)c(Cl)c1.CNCc1cnc(-c2ccc(O)cc2Cl)s1. The highest BCUT2D eigenvalue weighted by Crippen LogP contribution is 2.33. The van der Waals surface area contributed by atoms with E-state index in [1.54, 1.807) is 34.8 Å². The maximum atomic E-state index is 13.0. The number of nitrogens with zero attached hydrogens (tertiary/aromatic N) is 2. The van der Waals surface area contributed by atoms with Gasteiger partial charge in [-0.3, -0.25) is 4.79 Å². The van der Waals surface area contributed by atoms with Gasteiger partial charge in [0.05, 0.1) is 16.1 Å². The number of likely N-dealkylation sites (N-methyl/N-ethyl adjacent to an activating group) is 1. The Balaban J connectivity index is 0.000000205. The first-order valence-electron chi connectivity index (χ1n) is 10.7. The molecule has 1 fully saturated rings. The Bertz CT molecular complexity index is 1220. The minimum absolute atomic E-state index is 0.0541. The van der Waals surface area contributed by atoms with Crippen LogP contribution in [0.4, 0.5) is 10.1 Å². The second kappa shape index (κ2) is 13.3. The molecule has 0 aliphatic carbocycles. The van der Waals surface area contributed by atoms with Crippen molar-refractivity contribution in [1.29, 1.82) is 0 Å². The Morgan fingerprint density at radius 2 is 2.08 bits per heavy atom. The summed E-state index contributed by atoms with van der Waals surface area (Å²) in [7, 11) is 3.65. The lowest BCUT2D eigenvalue weighted by molar-refractivity contribution is -0.120. The number of amides is 1. The Kier molecular flexibility index (Phi) is 10.5. The Morgan fingerprint density at radius 1 is 1.31 bits per heavy atom. The van der Waals surface area contributed by atoms with Gasteiger partial charge in [-0.1, -0.05) is 23.2 Å². The van der Waals surface area contributed by atoms with Crippen LogP contribution in [-0.4, -0.2) is 52.8 Å². The molecule has 1 saturated heterocycles. The Morgan fingerprint density at radius 3 is 2.75 bits per heavy atom. The Labute approximate surface area is 226 Å². The number of benzene rings is 2. The van der Waals surface area contributed by atoms with E-state index in [1.807, 2.05) is 13.2 Å². The van der Waals surface area contributed by atoms with Gasteiger partial charge in [0.25, 0.3) is 0 Å². The third-order valence-corrected chi connectivity index (χ3v) is 7.59. The number of rotatable bonds is 6. The lowest BCUT2D eigenvalue weighted by Gasteiger charge is -2.33. The number of halogens is 3. The molecule has 8 nitrogen and oxygen atoms in total. The van der Waals surface area contributed by atoms with Gasteiger partial charge in [0.15, 0.2) is 0 Å². The van der Waals surface area contributed by atoms with Crippen molar-refractivity contribution < 1.29 is 19.1 Å². The molecule has 2 unspecified atom stereocenters. The van der Waals surface area contributed by atoms with E-state index in [-0.39, 0.29) is 22.7 Å². The smallest absolute Gasteiger partial charge is 0.242 e. The molecule has 1 aliphatic rings. The highest BCUT2D eigenvalue weighted by Gasteiger charge is 2.32. The van der Waals surface area contributed by atoms with Crippen LogP contribution < -0.4 is 15.4 Å². The number of aldehydes is 1. The maximum absolute atomic E-state index is 13.0. The third kappa shape index (κ3) is 7.62. The fraction of sp³-hybridized carbons (Fsp3) is 0.261. The van der Waals surface area contributed by atoms with Gasteiger partial charge in [-0.15, -0.1) is 11.3 Å².